The van der Waals surface area contributed by atoms with Crippen molar-refractivity contribution in [1.29, 1.82) is 0 Å². The molecule has 1 heterocycles. The van der Waals surface area contributed by atoms with Crippen LogP contribution >= 0.6 is 11.8 Å². The van der Waals surface area contributed by atoms with Crippen LogP contribution in [0.15, 0.2) is 64.8 Å². The Morgan fingerprint density at radius 2 is 1.91 bits per heavy atom. The van der Waals surface area contributed by atoms with Crippen LogP contribution < -0.4 is 10.6 Å². The van der Waals surface area contributed by atoms with Crippen molar-refractivity contribution in [3.8, 4) is 0 Å². The van der Waals surface area contributed by atoms with E-state index in [1.165, 1.54) is 12.1 Å². The zero-order valence-electron chi connectivity index (χ0n) is 17.6. The van der Waals surface area contributed by atoms with Crippen LogP contribution in [0, 0.1) is 0 Å². The standard InChI is InChI=1S/C23H24N4O4S/c1-2-3-12-18(15-8-5-4-6-9-15)26-27-23-25-20(28)14-19(32-23)21(29)24-17-11-7-10-16(13-17)22(30)31/h4-11,13,19H,2-3,12,14H2,1H3,(H,24,29)(H,30,31)(H,25,27,28)/b26-18-. The molecule has 1 unspecified atom stereocenters. The first-order valence-electron chi connectivity index (χ1n) is 10.3. The van der Waals surface area contributed by atoms with Gasteiger partial charge in [0.1, 0.15) is 5.25 Å². The van der Waals surface area contributed by atoms with E-state index >= 15 is 0 Å². The Balaban J connectivity index is 1.74. The van der Waals surface area contributed by atoms with Crippen molar-refractivity contribution >= 4 is 46.1 Å². The maximum Gasteiger partial charge on any atom is 0.335 e. The summed E-state index contributed by atoms with van der Waals surface area (Å²) in [6.07, 6.45) is 2.71. The van der Waals surface area contributed by atoms with Gasteiger partial charge in [-0.05, 0) is 36.6 Å². The van der Waals surface area contributed by atoms with Crippen molar-refractivity contribution in [3.63, 3.8) is 0 Å². The Hall–Kier alpha value is -3.46. The molecule has 3 rings (SSSR count). The summed E-state index contributed by atoms with van der Waals surface area (Å²) >= 11 is 1.12. The molecule has 0 spiro atoms. The number of amidine groups is 1. The molecule has 0 saturated carbocycles. The topological polar surface area (TPSA) is 120 Å². The highest BCUT2D eigenvalue weighted by atomic mass is 32.2. The SMILES string of the molecule is CCCC/C(=N/N=C1\NC(=O)CC(C(=O)Nc2cccc(C(=O)O)c2)S1)c1ccccc1. The number of anilines is 1. The van der Waals surface area contributed by atoms with Crippen LogP contribution in [0.1, 0.15) is 48.5 Å². The molecule has 0 aliphatic carbocycles. The molecular weight excluding hydrogens is 428 g/mol. The van der Waals surface area contributed by atoms with Gasteiger partial charge in [0.25, 0.3) is 0 Å². The average Bonchev–Trinajstić information content (AvgIpc) is 2.79. The fraction of sp³-hybridized carbons (Fsp3) is 0.261. The van der Waals surface area contributed by atoms with Crippen molar-refractivity contribution in [1.82, 2.24) is 5.32 Å². The number of carbonyl (C=O) groups excluding carboxylic acids is 2. The number of hydrogen-bond acceptors (Lipinski definition) is 6. The highest BCUT2D eigenvalue weighted by Gasteiger charge is 2.30. The Kier molecular flexibility index (Phi) is 8.15. The maximum atomic E-state index is 12.7. The predicted molar refractivity (Wildman–Crippen MR) is 126 cm³/mol. The summed E-state index contributed by atoms with van der Waals surface area (Å²) in [5.41, 5.74) is 2.19. The quantitative estimate of drug-likeness (QED) is 0.414. The number of amides is 2. The first kappa shape index (κ1) is 23.2. The molecule has 2 aromatic rings. The van der Waals surface area contributed by atoms with Crippen molar-refractivity contribution in [2.75, 3.05) is 5.32 Å². The largest absolute Gasteiger partial charge is 0.478 e. The van der Waals surface area contributed by atoms with E-state index in [0.717, 1.165) is 42.3 Å². The van der Waals surface area contributed by atoms with Gasteiger partial charge in [-0.25, -0.2) is 4.79 Å². The van der Waals surface area contributed by atoms with Crippen LogP contribution in [0.25, 0.3) is 0 Å². The Morgan fingerprint density at radius 3 is 2.62 bits per heavy atom. The fourth-order valence-electron chi connectivity index (χ4n) is 3.02. The lowest BCUT2D eigenvalue weighted by atomic mass is 10.1. The molecule has 1 aliphatic heterocycles. The third-order valence-corrected chi connectivity index (χ3v) is 5.75. The summed E-state index contributed by atoms with van der Waals surface area (Å²) in [7, 11) is 0. The van der Waals surface area contributed by atoms with Crippen LogP contribution in [-0.4, -0.2) is 39.0 Å². The summed E-state index contributed by atoms with van der Waals surface area (Å²) in [5, 5.41) is 22.6. The molecule has 8 nitrogen and oxygen atoms in total. The van der Waals surface area contributed by atoms with Gasteiger partial charge in [0.2, 0.25) is 11.8 Å². The number of nitrogens with one attached hydrogen (secondary N) is 2. The van der Waals surface area contributed by atoms with E-state index in [2.05, 4.69) is 27.8 Å². The van der Waals surface area contributed by atoms with Crippen molar-refractivity contribution < 1.29 is 19.5 Å². The molecule has 9 heteroatoms. The average molecular weight is 453 g/mol. The number of rotatable bonds is 8. The van der Waals surface area contributed by atoms with Gasteiger partial charge in [-0.2, -0.15) is 5.10 Å². The highest BCUT2D eigenvalue weighted by Crippen LogP contribution is 2.23. The molecule has 166 valence electrons. The summed E-state index contributed by atoms with van der Waals surface area (Å²) < 4.78 is 0. The summed E-state index contributed by atoms with van der Waals surface area (Å²) in [4.78, 5) is 36.0. The lowest BCUT2D eigenvalue weighted by molar-refractivity contribution is -0.123. The Labute approximate surface area is 190 Å². The molecule has 1 aliphatic rings. The second kappa shape index (κ2) is 11.2. The van der Waals surface area contributed by atoms with Gasteiger partial charge in [-0.1, -0.05) is 61.5 Å². The van der Waals surface area contributed by atoms with E-state index in [9.17, 15) is 14.4 Å². The molecule has 1 atom stereocenters. The zero-order chi connectivity index (χ0) is 22.9. The summed E-state index contributed by atoms with van der Waals surface area (Å²) in [6.45, 7) is 2.10. The third-order valence-electron chi connectivity index (χ3n) is 4.68. The Bertz CT molecular complexity index is 1050. The van der Waals surface area contributed by atoms with E-state index in [-0.39, 0.29) is 23.1 Å². The molecule has 32 heavy (non-hydrogen) atoms. The number of thioether (sulfide) groups is 1. The van der Waals surface area contributed by atoms with Crippen molar-refractivity contribution in [3.05, 3.63) is 65.7 Å². The van der Waals surface area contributed by atoms with Gasteiger partial charge < -0.3 is 15.7 Å². The van der Waals surface area contributed by atoms with Crippen molar-refractivity contribution in [2.24, 2.45) is 10.2 Å². The monoisotopic (exact) mass is 452 g/mol. The van der Waals surface area contributed by atoms with Gasteiger partial charge in [0.15, 0.2) is 5.17 Å². The van der Waals surface area contributed by atoms with E-state index in [0.29, 0.717) is 5.69 Å². The van der Waals surface area contributed by atoms with Crippen LogP contribution in [0.2, 0.25) is 0 Å². The number of benzene rings is 2. The number of unbranched alkanes of at least 4 members (excludes halogenated alkanes) is 1. The number of carboxylic acid groups (broad SMARTS) is 1. The van der Waals surface area contributed by atoms with E-state index in [4.69, 9.17) is 5.11 Å². The van der Waals surface area contributed by atoms with Crippen LogP contribution in [0.3, 0.4) is 0 Å². The van der Waals surface area contributed by atoms with Crippen LogP contribution in [0.5, 0.6) is 0 Å². The lowest BCUT2D eigenvalue weighted by Crippen LogP contribution is -2.41. The molecule has 0 radical (unpaired) electrons. The zero-order valence-corrected chi connectivity index (χ0v) is 18.4. The minimum Gasteiger partial charge on any atom is -0.478 e. The number of carboxylic acids is 1. The number of nitrogens with zero attached hydrogens (tertiary/aromatic N) is 2. The molecule has 2 amide bonds. The van der Waals surface area contributed by atoms with E-state index < -0.39 is 17.1 Å². The van der Waals surface area contributed by atoms with Gasteiger partial charge in [0, 0.05) is 12.1 Å². The first-order valence-corrected chi connectivity index (χ1v) is 11.1. The number of hydrogen-bond donors (Lipinski definition) is 3. The molecule has 3 N–H and O–H groups in total. The Morgan fingerprint density at radius 1 is 1.16 bits per heavy atom. The van der Waals surface area contributed by atoms with Crippen LogP contribution in [-0.2, 0) is 9.59 Å². The third kappa shape index (κ3) is 6.52. The molecule has 2 aromatic carbocycles. The first-order chi connectivity index (χ1) is 15.5. The highest BCUT2D eigenvalue weighted by molar-refractivity contribution is 8.15. The molecule has 0 bridgehead atoms. The summed E-state index contributed by atoms with van der Waals surface area (Å²) in [6, 6.07) is 15.7. The number of aromatic carboxylic acids is 1. The van der Waals surface area contributed by atoms with Gasteiger partial charge in [-0.3, -0.25) is 9.59 Å². The van der Waals surface area contributed by atoms with Crippen molar-refractivity contribution in [2.45, 2.75) is 37.9 Å². The van der Waals surface area contributed by atoms with Gasteiger partial charge >= 0.3 is 5.97 Å². The smallest absolute Gasteiger partial charge is 0.335 e. The summed E-state index contributed by atoms with van der Waals surface area (Å²) in [5.74, 6) is -1.82. The van der Waals surface area contributed by atoms with E-state index in [1.54, 1.807) is 12.1 Å². The van der Waals surface area contributed by atoms with Crippen LogP contribution in [0.4, 0.5) is 5.69 Å². The fourth-order valence-corrected chi connectivity index (χ4v) is 3.96. The number of carbonyl (C=O) groups is 3. The lowest BCUT2D eigenvalue weighted by Gasteiger charge is -2.21. The minimum absolute atomic E-state index is 0.0147. The molecular formula is C23H24N4O4S. The minimum atomic E-state index is -1.09. The predicted octanol–water partition coefficient (Wildman–Crippen LogP) is 3.90. The van der Waals surface area contributed by atoms with Gasteiger partial charge in [0.05, 0.1) is 11.3 Å². The van der Waals surface area contributed by atoms with Gasteiger partial charge in [-0.15, -0.1) is 5.10 Å². The maximum absolute atomic E-state index is 12.7. The van der Waals surface area contributed by atoms with E-state index in [1.807, 2.05) is 30.3 Å². The second-order valence-electron chi connectivity index (χ2n) is 7.16. The molecule has 1 saturated heterocycles. The molecule has 0 aromatic heterocycles. The molecule has 1 fully saturated rings. The normalized spacial score (nSPS) is 17.7. The second-order valence-corrected chi connectivity index (χ2v) is 8.35.